The standard InChI is InChI=1S/C9H18N2O3S2/c1-10(2)16(12,13)11-6-9(7-11)4-8(14-3)5-15-9/h8H,4-7H2,1-3H3. The lowest BCUT2D eigenvalue weighted by atomic mass is 9.96. The molecular formula is C9H18N2O3S2. The SMILES string of the molecule is COC1CSC2(C1)CN(S(=O)(=O)N(C)C)C2. The van der Waals surface area contributed by atoms with Crippen LogP contribution in [0.1, 0.15) is 6.42 Å². The summed E-state index contributed by atoms with van der Waals surface area (Å²) in [6.07, 6.45) is 1.25. The van der Waals surface area contributed by atoms with E-state index in [9.17, 15) is 8.42 Å². The van der Waals surface area contributed by atoms with Gasteiger partial charge in [0.05, 0.1) is 6.10 Å². The van der Waals surface area contributed by atoms with Gasteiger partial charge in [0.15, 0.2) is 0 Å². The molecule has 0 aromatic heterocycles. The Hall–Kier alpha value is 0.180. The van der Waals surface area contributed by atoms with Crippen LogP contribution in [0.3, 0.4) is 0 Å². The molecule has 7 heteroatoms. The molecule has 0 aromatic carbocycles. The maximum atomic E-state index is 11.8. The molecule has 0 radical (unpaired) electrons. The van der Waals surface area contributed by atoms with Gasteiger partial charge in [0.1, 0.15) is 0 Å². The lowest BCUT2D eigenvalue weighted by Crippen LogP contribution is -2.62. The fraction of sp³-hybridized carbons (Fsp3) is 1.00. The van der Waals surface area contributed by atoms with E-state index < -0.39 is 10.2 Å². The molecule has 2 aliphatic heterocycles. The molecule has 5 nitrogen and oxygen atoms in total. The fourth-order valence-electron chi connectivity index (χ4n) is 2.16. The first-order valence-corrected chi connectivity index (χ1v) is 7.62. The highest BCUT2D eigenvalue weighted by molar-refractivity contribution is 8.01. The Morgan fingerprint density at radius 1 is 1.44 bits per heavy atom. The minimum Gasteiger partial charge on any atom is -0.381 e. The molecule has 0 aliphatic carbocycles. The highest BCUT2D eigenvalue weighted by Crippen LogP contribution is 2.46. The zero-order valence-corrected chi connectivity index (χ0v) is 11.5. The summed E-state index contributed by atoms with van der Waals surface area (Å²) in [7, 11) is 1.64. The molecule has 2 fully saturated rings. The quantitative estimate of drug-likeness (QED) is 0.721. The molecule has 1 spiro atoms. The lowest BCUT2D eigenvalue weighted by molar-refractivity contribution is 0.0920. The lowest BCUT2D eigenvalue weighted by Gasteiger charge is -2.46. The Balaban J connectivity index is 1.96. The van der Waals surface area contributed by atoms with Crippen molar-refractivity contribution in [1.82, 2.24) is 8.61 Å². The first-order chi connectivity index (χ1) is 7.39. The van der Waals surface area contributed by atoms with Crippen LogP contribution in [0.5, 0.6) is 0 Å². The van der Waals surface area contributed by atoms with Crippen molar-refractivity contribution in [2.24, 2.45) is 0 Å². The molecule has 16 heavy (non-hydrogen) atoms. The maximum Gasteiger partial charge on any atom is 0.281 e. The third kappa shape index (κ3) is 1.99. The van der Waals surface area contributed by atoms with Crippen molar-refractivity contribution in [2.75, 3.05) is 40.0 Å². The zero-order chi connectivity index (χ0) is 12.0. The number of ether oxygens (including phenoxy) is 1. The molecule has 0 aromatic rings. The van der Waals surface area contributed by atoms with Crippen LogP contribution in [0.25, 0.3) is 0 Å². The van der Waals surface area contributed by atoms with Gasteiger partial charge in [-0.2, -0.15) is 17.0 Å². The molecule has 1 unspecified atom stereocenters. The monoisotopic (exact) mass is 266 g/mol. The summed E-state index contributed by atoms with van der Waals surface area (Å²) in [6.45, 7) is 1.25. The molecule has 2 aliphatic rings. The second-order valence-electron chi connectivity index (χ2n) is 4.61. The van der Waals surface area contributed by atoms with Crippen molar-refractivity contribution in [3.8, 4) is 0 Å². The Morgan fingerprint density at radius 2 is 2.06 bits per heavy atom. The maximum absolute atomic E-state index is 11.8. The van der Waals surface area contributed by atoms with Gasteiger partial charge < -0.3 is 4.74 Å². The van der Waals surface area contributed by atoms with Gasteiger partial charge in [-0.05, 0) is 6.42 Å². The molecule has 0 amide bonds. The molecule has 0 N–H and O–H groups in total. The molecule has 0 bridgehead atoms. The van der Waals surface area contributed by atoms with Gasteiger partial charge >= 0.3 is 0 Å². The van der Waals surface area contributed by atoms with E-state index in [0.29, 0.717) is 13.1 Å². The van der Waals surface area contributed by atoms with Crippen LogP contribution < -0.4 is 0 Å². The van der Waals surface area contributed by atoms with Gasteiger partial charge in [0, 0.05) is 44.8 Å². The third-order valence-electron chi connectivity index (χ3n) is 3.23. The van der Waals surface area contributed by atoms with E-state index in [2.05, 4.69) is 0 Å². The molecular weight excluding hydrogens is 248 g/mol. The van der Waals surface area contributed by atoms with E-state index in [-0.39, 0.29) is 10.9 Å². The number of methoxy groups -OCH3 is 1. The highest BCUT2D eigenvalue weighted by Gasteiger charge is 2.53. The number of nitrogens with zero attached hydrogens (tertiary/aromatic N) is 2. The van der Waals surface area contributed by atoms with Crippen LogP contribution in [0.2, 0.25) is 0 Å². The van der Waals surface area contributed by atoms with Gasteiger partial charge in [-0.1, -0.05) is 0 Å². The molecule has 2 heterocycles. The number of hydrogen-bond donors (Lipinski definition) is 0. The van der Waals surface area contributed by atoms with Crippen molar-refractivity contribution >= 4 is 22.0 Å². The minimum absolute atomic E-state index is 0.115. The average molecular weight is 266 g/mol. The largest absolute Gasteiger partial charge is 0.381 e. The Morgan fingerprint density at radius 3 is 2.50 bits per heavy atom. The van der Waals surface area contributed by atoms with E-state index in [1.54, 1.807) is 21.2 Å². The fourth-order valence-corrected chi connectivity index (χ4v) is 5.20. The van der Waals surface area contributed by atoms with Gasteiger partial charge in [-0.3, -0.25) is 0 Å². The Bertz CT molecular complexity index is 363. The van der Waals surface area contributed by atoms with Crippen molar-refractivity contribution in [2.45, 2.75) is 17.3 Å². The highest BCUT2D eigenvalue weighted by atomic mass is 32.2. The van der Waals surface area contributed by atoms with E-state index in [1.807, 2.05) is 11.8 Å². The predicted octanol–water partition coefficient (Wildman–Crippen LogP) is -0.000900. The summed E-state index contributed by atoms with van der Waals surface area (Å²) in [5.41, 5.74) is 0. The molecule has 0 saturated carbocycles. The van der Waals surface area contributed by atoms with Gasteiger partial charge in [0.25, 0.3) is 10.2 Å². The van der Waals surface area contributed by atoms with Crippen LogP contribution in [0.4, 0.5) is 0 Å². The number of hydrogen-bond acceptors (Lipinski definition) is 4. The summed E-state index contributed by atoms with van der Waals surface area (Å²) in [6, 6.07) is 0. The summed E-state index contributed by atoms with van der Waals surface area (Å²) in [5.74, 6) is 0.979. The summed E-state index contributed by atoms with van der Waals surface area (Å²) in [5, 5.41) is 0. The van der Waals surface area contributed by atoms with Crippen molar-refractivity contribution in [3.63, 3.8) is 0 Å². The van der Waals surface area contributed by atoms with E-state index in [4.69, 9.17) is 4.74 Å². The second-order valence-corrected chi connectivity index (χ2v) is 8.24. The summed E-state index contributed by atoms with van der Waals surface area (Å²) in [4.78, 5) is 0. The summed E-state index contributed by atoms with van der Waals surface area (Å²) < 4.78 is 31.9. The second kappa shape index (κ2) is 4.13. The van der Waals surface area contributed by atoms with Crippen molar-refractivity contribution < 1.29 is 13.2 Å². The number of thioether (sulfide) groups is 1. The first-order valence-electron chi connectivity index (χ1n) is 5.24. The van der Waals surface area contributed by atoms with E-state index >= 15 is 0 Å². The molecule has 2 saturated heterocycles. The Labute approximate surface area is 101 Å². The van der Waals surface area contributed by atoms with Gasteiger partial charge in [-0.25, -0.2) is 0 Å². The summed E-state index contributed by atoms with van der Waals surface area (Å²) >= 11 is 1.85. The minimum atomic E-state index is -3.22. The third-order valence-corrected chi connectivity index (χ3v) is 6.63. The number of rotatable bonds is 3. The zero-order valence-electron chi connectivity index (χ0n) is 9.84. The van der Waals surface area contributed by atoms with Crippen molar-refractivity contribution in [1.29, 1.82) is 0 Å². The van der Waals surface area contributed by atoms with E-state index in [1.165, 1.54) is 8.61 Å². The van der Waals surface area contributed by atoms with Crippen molar-refractivity contribution in [3.05, 3.63) is 0 Å². The predicted molar refractivity (Wildman–Crippen MR) is 64.8 cm³/mol. The van der Waals surface area contributed by atoms with Gasteiger partial charge in [0.2, 0.25) is 0 Å². The molecule has 1 atom stereocenters. The smallest absolute Gasteiger partial charge is 0.281 e. The normalized spacial score (nSPS) is 29.9. The van der Waals surface area contributed by atoms with Gasteiger partial charge in [-0.15, -0.1) is 11.8 Å². The Kier molecular flexibility index (Phi) is 3.26. The first kappa shape index (κ1) is 12.6. The topological polar surface area (TPSA) is 49.9 Å². The van der Waals surface area contributed by atoms with Crippen LogP contribution in [-0.2, 0) is 14.9 Å². The van der Waals surface area contributed by atoms with Crippen LogP contribution in [0, 0.1) is 0 Å². The van der Waals surface area contributed by atoms with Crippen LogP contribution in [0.15, 0.2) is 0 Å². The van der Waals surface area contributed by atoms with Crippen LogP contribution in [-0.4, -0.2) is 67.9 Å². The molecule has 2 rings (SSSR count). The van der Waals surface area contributed by atoms with Crippen LogP contribution >= 0.6 is 11.8 Å². The molecule has 94 valence electrons. The average Bonchev–Trinajstić information content (AvgIpc) is 2.59. The van der Waals surface area contributed by atoms with E-state index in [0.717, 1.165) is 12.2 Å².